The molecule has 4 saturated carbocycles. The first kappa shape index (κ1) is 15.8. The molecule has 0 aromatic heterocycles. The summed E-state index contributed by atoms with van der Waals surface area (Å²) in [4.78, 5) is 24.1. The Morgan fingerprint density at radius 1 is 1.21 bits per heavy atom. The van der Waals surface area contributed by atoms with Crippen molar-refractivity contribution in [2.45, 2.75) is 57.5 Å². The van der Waals surface area contributed by atoms with Crippen LogP contribution in [-0.2, 0) is 4.79 Å². The summed E-state index contributed by atoms with van der Waals surface area (Å²) >= 11 is 0. The van der Waals surface area contributed by atoms with Crippen LogP contribution in [0.1, 0.15) is 62.2 Å². The van der Waals surface area contributed by atoms with Crippen LogP contribution in [0.3, 0.4) is 0 Å². The first-order chi connectivity index (χ1) is 11.3. The van der Waals surface area contributed by atoms with Gasteiger partial charge in [0.15, 0.2) is 5.78 Å². The van der Waals surface area contributed by atoms with Crippen molar-refractivity contribution in [3.63, 3.8) is 0 Å². The third-order valence-electron chi connectivity index (χ3n) is 6.24. The number of carbonyl (C=O) groups is 2. The fraction of sp³-hybridized carbons (Fsp3) is 0.600. The number of ketones is 1. The normalized spacial score (nSPS) is 36.6. The van der Waals surface area contributed by atoms with E-state index >= 15 is 0 Å². The van der Waals surface area contributed by atoms with Crippen LogP contribution in [0.4, 0.5) is 5.69 Å². The topological polar surface area (TPSA) is 66.4 Å². The average molecular weight is 327 g/mol. The lowest BCUT2D eigenvalue weighted by Gasteiger charge is -2.60. The van der Waals surface area contributed by atoms with Crippen molar-refractivity contribution in [1.29, 1.82) is 0 Å². The molecule has 0 saturated heterocycles. The summed E-state index contributed by atoms with van der Waals surface area (Å²) in [5, 5.41) is 13.8. The van der Waals surface area contributed by atoms with E-state index in [4.69, 9.17) is 0 Å². The Bertz CT molecular complexity index is 682. The van der Waals surface area contributed by atoms with Crippen molar-refractivity contribution in [3.05, 3.63) is 29.8 Å². The van der Waals surface area contributed by atoms with E-state index in [1.807, 2.05) is 6.07 Å². The van der Waals surface area contributed by atoms with Crippen LogP contribution in [-0.4, -0.2) is 22.4 Å². The molecule has 4 atom stereocenters. The predicted molar refractivity (Wildman–Crippen MR) is 91.8 cm³/mol. The van der Waals surface area contributed by atoms with Gasteiger partial charge in [0.25, 0.3) is 0 Å². The summed E-state index contributed by atoms with van der Waals surface area (Å²) in [6, 6.07) is 7.09. The second-order valence-corrected chi connectivity index (χ2v) is 8.55. The zero-order valence-corrected chi connectivity index (χ0v) is 14.2. The van der Waals surface area contributed by atoms with Crippen LogP contribution in [0.2, 0.25) is 0 Å². The highest BCUT2D eigenvalue weighted by atomic mass is 16.3. The summed E-state index contributed by atoms with van der Waals surface area (Å²) in [5.74, 6) is 1.17. The maximum Gasteiger partial charge on any atom is 0.224 e. The van der Waals surface area contributed by atoms with E-state index in [2.05, 4.69) is 5.32 Å². The number of anilines is 1. The Morgan fingerprint density at radius 2 is 1.92 bits per heavy atom. The van der Waals surface area contributed by atoms with Crippen LogP contribution >= 0.6 is 0 Å². The molecule has 24 heavy (non-hydrogen) atoms. The number of hydrogen-bond donors (Lipinski definition) is 2. The minimum atomic E-state index is -0.529. The molecule has 4 fully saturated rings. The number of carbonyl (C=O) groups excluding carboxylic acids is 2. The minimum absolute atomic E-state index is 0.00116. The maximum atomic E-state index is 12.6. The molecule has 4 heteroatoms. The molecule has 1 amide bonds. The second-order valence-electron chi connectivity index (χ2n) is 8.55. The van der Waals surface area contributed by atoms with E-state index in [0.717, 1.165) is 32.1 Å². The highest BCUT2D eigenvalue weighted by Gasteiger charge is 2.57. The summed E-state index contributed by atoms with van der Waals surface area (Å²) in [7, 11) is 0. The average Bonchev–Trinajstić information content (AvgIpc) is 2.43. The Balaban J connectivity index is 1.47. The Labute approximate surface area is 142 Å². The van der Waals surface area contributed by atoms with Crippen molar-refractivity contribution in [1.82, 2.24) is 0 Å². The summed E-state index contributed by atoms with van der Waals surface area (Å²) in [5.41, 5.74) is 0.730. The molecular formula is C20H25NO3. The molecule has 1 aromatic carbocycles. The van der Waals surface area contributed by atoms with E-state index in [9.17, 15) is 14.7 Å². The van der Waals surface area contributed by atoms with Crippen molar-refractivity contribution >= 4 is 17.4 Å². The number of Topliss-reactive ketones (excluding diaryl/α,β-unsaturated/α-hetero) is 1. The highest BCUT2D eigenvalue weighted by molar-refractivity contribution is 5.97. The highest BCUT2D eigenvalue weighted by Crippen LogP contribution is 2.62. The maximum absolute atomic E-state index is 12.6. The van der Waals surface area contributed by atoms with Gasteiger partial charge in [0.2, 0.25) is 5.91 Å². The first-order valence-electron chi connectivity index (χ1n) is 8.98. The van der Waals surface area contributed by atoms with Gasteiger partial charge in [-0.2, -0.15) is 0 Å². The molecule has 4 bridgehead atoms. The number of benzene rings is 1. The molecule has 4 nitrogen and oxygen atoms in total. The van der Waals surface area contributed by atoms with Crippen LogP contribution in [0.15, 0.2) is 24.3 Å². The number of amides is 1. The van der Waals surface area contributed by atoms with Gasteiger partial charge in [0, 0.05) is 17.7 Å². The Morgan fingerprint density at radius 3 is 2.54 bits per heavy atom. The van der Waals surface area contributed by atoms with Crippen molar-refractivity contribution in [2.75, 3.05) is 5.32 Å². The molecule has 4 aliphatic carbocycles. The number of hydrogen-bond acceptors (Lipinski definition) is 3. The number of nitrogens with one attached hydrogen (secondary N) is 1. The SMILES string of the molecule is CC(=O)c1cccc(NC(=O)CC23C[C@@H]4C[C@@H](CC(O)(C4)C2)C3)c1. The van der Waals surface area contributed by atoms with Crippen LogP contribution < -0.4 is 5.32 Å². The summed E-state index contributed by atoms with van der Waals surface area (Å²) in [6.07, 6.45) is 6.48. The second kappa shape index (κ2) is 5.41. The molecule has 128 valence electrons. The fourth-order valence-electron chi connectivity index (χ4n) is 5.97. The lowest BCUT2D eigenvalue weighted by atomic mass is 9.47. The van der Waals surface area contributed by atoms with Gasteiger partial charge < -0.3 is 10.4 Å². The van der Waals surface area contributed by atoms with Crippen LogP contribution in [0.5, 0.6) is 0 Å². The van der Waals surface area contributed by atoms with Crippen molar-refractivity contribution < 1.29 is 14.7 Å². The fourth-order valence-corrected chi connectivity index (χ4v) is 5.97. The van der Waals surface area contributed by atoms with Gasteiger partial charge >= 0.3 is 0 Å². The standard InChI is InChI=1S/C20H25NO3/c1-13(22)16-3-2-4-17(6-16)21-18(23)11-19-7-14-5-15(8-19)10-20(24,9-14)12-19/h2-4,6,14-15,24H,5,7-12H2,1H3,(H,21,23)/t14-,15+,19?,20?. The van der Waals surface area contributed by atoms with Crippen molar-refractivity contribution in [2.24, 2.45) is 17.3 Å². The van der Waals surface area contributed by atoms with Gasteiger partial charge in [-0.25, -0.2) is 0 Å². The zero-order chi connectivity index (χ0) is 16.9. The quantitative estimate of drug-likeness (QED) is 0.831. The molecule has 2 N–H and O–H groups in total. The molecule has 0 spiro atoms. The Kier molecular flexibility index (Phi) is 3.57. The third-order valence-corrected chi connectivity index (χ3v) is 6.24. The lowest BCUT2D eigenvalue weighted by molar-refractivity contribution is -0.167. The molecule has 0 aliphatic heterocycles. The molecular weight excluding hydrogens is 302 g/mol. The largest absolute Gasteiger partial charge is 0.390 e. The van der Waals surface area contributed by atoms with Gasteiger partial charge in [-0.15, -0.1) is 0 Å². The third kappa shape index (κ3) is 2.88. The minimum Gasteiger partial charge on any atom is -0.390 e. The Hall–Kier alpha value is -1.68. The first-order valence-corrected chi connectivity index (χ1v) is 8.98. The van der Waals surface area contributed by atoms with E-state index < -0.39 is 5.60 Å². The van der Waals surface area contributed by atoms with Crippen molar-refractivity contribution in [3.8, 4) is 0 Å². The number of aliphatic hydroxyl groups is 1. The van der Waals surface area contributed by atoms with Gasteiger partial charge in [0.05, 0.1) is 5.60 Å². The van der Waals surface area contributed by atoms with E-state index in [1.54, 1.807) is 18.2 Å². The van der Waals surface area contributed by atoms with Gasteiger partial charge in [-0.3, -0.25) is 9.59 Å². The lowest BCUT2D eigenvalue weighted by Crippen LogP contribution is -2.56. The summed E-state index contributed by atoms with van der Waals surface area (Å²) in [6.45, 7) is 1.52. The predicted octanol–water partition coefficient (Wildman–Crippen LogP) is 3.55. The van der Waals surface area contributed by atoms with E-state index in [-0.39, 0.29) is 17.1 Å². The molecule has 0 radical (unpaired) electrons. The molecule has 5 rings (SSSR count). The molecule has 2 unspecified atom stereocenters. The number of rotatable bonds is 4. The van der Waals surface area contributed by atoms with E-state index in [1.165, 1.54) is 13.3 Å². The van der Waals surface area contributed by atoms with E-state index in [0.29, 0.717) is 29.5 Å². The monoisotopic (exact) mass is 327 g/mol. The molecule has 1 aromatic rings. The van der Waals surface area contributed by atoms with Crippen LogP contribution in [0, 0.1) is 17.3 Å². The van der Waals surface area contributed by atoms with Gasteiger partial charge in [0.1, 0.15) is 0 Å². The van der Waals surface area contributed by atoms with Gasteiger partial charge in [-0.1, -0.05) is 12.1 Å². The van der Waals surface area contributed by atoms with Gasteiger partial charge in [-0.05, 0) is 74.8 Å². The van der Waals surface area contributed by atoms with Crippen LogP contribution in [0.25, 0.3) is 0 Å². The molecule has 4 aliphatic rings. The molecule has 0 heterocycles. The smallest absolute Gasteiger partial charge is 0.224 e. The zero-order valence-electron chi connectivity index (χ0n) is 14.2. The summed E-state index contributed by atoms with van der Waals surface area (Å²) < 4.78 is 0.